The summed E-state index contributed by atoms with van der Waals surface area (Å²) in [5, 5.41) is 21.3. The Morgan fingerprint density at radius 2 is 0.929 bits per heavy atom. The van der Waals surface area contributed by atoms with Crippen LogP contribution in [0.4, 0.5) is 0 Å². The number of phenolic OH excluding ortho intramolecular Hbond substituents is 2. The highest BCUT2D eigenvalue weighted by Gasteiger charge is 2.37. The second kappa shape index (κ2) is 8.59. The van der Waals surface area contributed by atoms with Gasteiger partial charge in [0, 0.05) is 5.41 Å². The maximum absolute atomic E-state index is 10.6. The highest BCUT2D eigenvalue weighted by molar-refractivity contribution is 5.53. The van der Waals surface area contributed by atoms with Crippen LogP contribution in [0, 0.1) is 0 Å². The van der Waals surface area contributed by atoms with Gasteiger partial charge in [0.15, 0.2) is 0 Å². The van der Waals surface area contributed by atoms with Crippen LogP contribution in [0.5, 0.6) is 11.5 Å². The average molecular weight is 381 g/mol. The van der Waals surface area contributed by atoms with Crippen LogP contribution < -0.4 is 0 Å². The molecule has 2 heteroatoms. The molecule has 1 fully saturated rings. The Labute approximate surface area is 170 Å². The zero-order valence-electron chi connectivity index (χ0n) is 18.1. The molecule has 0 heterocycles. The fraction of sp³-hybridized carbons (Fsp3) is 0.538. The largest absolute Gasteiger partial charge is 0.507 e. The number of phenols is 2. The molecule has 0 radical (unpaired) electrons. The van der Waals surface area contributed by atoms with E-state index in [1.807, 2.05) is 0 Å². The number of aryl methyl sites for hydroxylation is 4. The van der Waals surface area contributed by atoms with Gasteiger partial charge in [0.05, 0.1) is 0 Å². The highest BCUT2D eigenvalue weighted by atomic mass is 16.3. The molecule has 1 aliphatic carbocycles. The molecule has 2 aromatic rings. The van der Waals surface area contributed by atoms with Gasteiger partial charge in [0.2, 0.25) is 0 Å². The number of hydrogen-bond acceptors (Lipinski definition) is 2. The quantitative estimate of drug-likeness (QED) is 0.593. The van der Waals surface area contributed by atoms with E-state index in [0.29, 0.717) is 11.5 Å². The first-order valence-corrected chi connectivity index (χ1v) is 11.2. The van der Waals surface area contributed by atoms with E-state index in [1.54, 1.807) is 0 Å². The van der Waals surface area contributed by atoms with Crippen molar-refractivity contribution in [2.24, 2.45) is 0 Å². The topological polar surface area (TPSA) is 40.5 Å². The van der Waals surface area contributed by atoms with Gasteiger partial charge in [-0.15, -0.1) is 0 Å². The second-order valence-electron chi connectivity index (χ2n) is 8.34. The van der Waals surface area contributed by atoms with Crippen LogP contribution in [-0.4, -0.2) is 10.2 Å². The molecular weight excluding hydrogens is 344 g/mol. The van der Waals surface area contributed by atoms with Crippen molar-refractivity contribution < 1.29 is 10.2 Å². The summed E-state index contributed by atoms with van der Waals surface area (Å²) in [5.41, 5.74) is 6.94. The van der Waals surface area contributed by atoms with Crippen LogP contribution >= 0.6 is 0 Å². The maximum atomic E-state index is 10.6. The molecule has 0 atom stereocenters. The van der Waals surface area contributed by atoms with E-state index in [4.69, 9.17) is 0 Å². The van der Waals surface area contributed by atoms with E-state index in [-0.39, 0.29) is 5.41 Å². The summed E-state index contributed by atoms with van der Waals surface area (Å²) in [7, 11) is 0. The van der Waals surface area contributed by atoms with Gasteiger partial charge < -0.3 is 10.2 Å². The molecule has 0 bridgehead atoms. The summed E-state index contributed by atoms with van der Waals surface area (Å²) in [6.45, 7) is 8.49. The minimum Gasteiger partial charge on any atom is -0.507 e. The third-order valence-electron chi connectivity index (χ3n) is 6.87. The van der Waals surface area contributed by atoms with Gasteiger partial charge in [-0.2, -0.15) is 0 Å². The molecule has 0 spiro atoms. The SMILES string of the molecule is CCc1cc(C2(c3cc(CC)c(O)c(CC)c3)CCCCC2)cc(CC)c1O. The molecule has 1 saturated carbocycles. The molecule has 1 aliphatic rings. The zero-order chi connectivity index (χ0) is 20.3. The summed E-state index contributed by atoms with van der Waals surface area (Å²) in [4.78, 5) is 0. The normalized spacial score (nSPS) is 16.3. The Morgan fingerprint density at radius 3 is 1.21 bits per heavy atom. The van der Waals surface area contributed by atoms with Crippen molar-refractivity contribution in [3.63, 3.8) is 0 Å². The first-order chi connectivity index (χ1) is 13.5. The van der Waals surface area contributed by atoms with E-state index in [2.05, 4.69) is 52.0 Å². The summed E-state index contributed by atoms with van der Waals surface area (Å²) in [5.74, 6) is 0.961. The van der Waals surface area contributed by atoms with Crippen LogP contribution in [0.25, 0.3) is 0 Å². The van der Waals surface area contributed by atoms with Crippen molar-refractivity contribution >= 4 is 0 Å². The minimum atomic E-state index is -0.0126. The molecule has 0 aromatic heterocycles. The minimum absolute atomic E-state index is 0.0126. The Bertz CT molecular complexity index is 715. The van der Waals surface area contributed by atoms with Crippen LogP contribution in [-0.2, 0) is 31.1 Å². The first-order valence-electron chi connectivity index (χ1n) is 11.2. The van der Waals surface area contributed by atoms with E-state index in [0.717, 1.165) is 60.8 Å². The number of hydrogen-bond donors (Lipinski definition) is 2. The number of benzene rings is 2. The van der Waals surface area contributed by atoms with Gasteiger partial charge in [-0.05, 0) is 71.9 Å². The molecule has 0 aliphatic heterocycles. The molecular formula is C26H36O2. The Balaban J connectivity index is 2.26. The first kappa shape index (κ1) is 20.8. The van der Waals surface area contributed by atoms with Crippen LogP contribution in [0.2, 0.25) is 0 Å². The van der Waals surface area contributed by atoms with E-state index >= 15 is 0 Å². The van der Waals surface area contributed by atoms with Gasteiger partial charge in [0.25, 0.3) is 0 Å². The van der Waals surface area contributed by atoms with Crippen molar-refractivity contribution in [2.45, 2.75) is 90.9 Å². The summed E-state index contributed by atoms with van der Waals surface area (Å²) < 4.78 is 0. The lowest BCUT2D eigenvalue weighted by Gasteiger charge is -2.40. The second-order valence-corrected chi connectivity index (χ2v) is 8.34. The van der Waals surface area contributed by atoms with Crippen molar-refractivity contribution in [2.75, 3.05) is 0 Å². The molecule has 152 valence electrons. The van der Waals surface area contributed by atoms with Crippen molar-refractivity contribution in [3.05, 3.63) is 57.6 Å². The van der Waals surface area contributed by atoms with E-state index in [9.17, 15) is 10.2 Å². The molecule has 0 unspecified atom stereocenters. The van der Waals surface area contributed by atoms with Crippen LogP contribution in [0.3, 0.4) is 0 Å². The van der Waals surface area contributed by atoms with Gasteiger partial charge in [-0.3, -0.25) is 0 Å². The van der Waals surface area contributed by atoms with Crippen molar-refractivity contribution in [1.82, 2.24) is 0 Å². The molecule has 0 amide bonds. The smallest absolute Gasteiger partial charge is 0.121 e. The Hall–Kier alpha value is -1.96. The van der Waals surface area contributed by atoms with E-state index < -0.39 is 0 Å². The zero-order valence-corrected chi connectivity index (χ0v) is 18.1. The van der Waals surface area contributed by atoms with Crippen molar-refractivity contribution in [3.8, 4) is 11.5 Å². The summed E-state index contributed by atoms with van der Waals surface area (Å²) in [6.07, 6.45) is 9.42. The van der Waals surface area contributed by atoms with E-state index in [1.165, 1.54) is 30.4 Å². The molecule has 2 aromatic carbocycles. The average Bonchev–Trinajstić information content (AvgIpc) is 2.74. The van der Waals surface area contributed by atoms with Crippen LogP contribution in [0.1, 0.15) is 93.2 Å². The monoisotopic (exact) mass is 380 g/mol. The van der Waals surface area contributed by atoms with Gasteiger partial charge >= 0.3 is 0 Å². The number of rotatable bonds is 6. The lowest BCUT2D eigenvalue weighted by molar-refractivity contribution is 0.344. The van der Waals surface area contributed by atoms with Crippen molar-refractivity contribution in [1.29, 1.82) is 0 Å². The predicted octanol–water partition coefficient (Wildman–Crippen LogP) is 6.60. The van der Waals surface area contributed by atoms with Gasteiger partial charge in [-0.25, -0.2) is 0 Å². The number of aromatic hydroxyl groups is 2. The third-order valence-corrected chi connectivity index (χ3v) is 6.87. The van der Waals surface area contributed by atoms with Gasteiger partial charge in [-0.1, -0.05) is 71.2 Å². The lowest BCUT2D eigenvalue weighted by Crippen LogP contribution is -2.31. The maximum Gasteiger partial charge on any atom is 0.121 e. The molecule has 28 heavy (non-hydrogen) atoms. The fourth-order valence-corrected chi connectivity index (χ4v) is 5.05. The van der Waals surface area contributed by atoms with Gasteiger partial charge in [0.1, 0.15) is 11.5 Å². The predicted molar refractivity (Wildman–Crippen MR) is 118 cm³/mol. The fourth-order valence-electron chi connectivity index (χ4n) is 5.05. The molecule has 0 saturated heterocycles. The molecule has 2 N–H and O–H groups in total. The Morgan fingerprint density at radius 1 is 0.607 bits per heavy atom. The highest BCUT2D eigenvalue weighted by Crippen LogP contribution is 2.48. The van der Waals surface area contributed by atoms with Crippen LogP contribution in [0.15, 0.2) is 24.3 Å². The Kier molecular flexibility index (Phi) is 6.37. The third kappa shape index (κ3) is 3.54. The summed E-state index contributed by atoms with van der Waals surface area (Å²) in [6, 6.07) is 9.02. The summed E-state index contributed by atoms with van der Waals surface area (Å²) >= 11 is 0. The standard InChI is InChI=1S/C26H36O2/c1-5-18-14-22(15-19(6-2)24(18)27)26(12-10-9-11-13-26)23-16-20(7-3)25(28)21(8-4)17-23/h14-17,27-28H,5-13H2,1-4H3. The lowest BCUT2D eigenvalue weighted by atomic mass is 9.64. The molecule has 3 rings (SSSR count). The molecule has 2 nitrogen and oxygen atoms in total.